The highest BCUT2D eigenvalue weighted by molar-refractivity contribution is 6.05. The van der Waals surface area contributed by atoms with Crippen LogP contribution in [0.1, 0.15) is 39.9 Å². The number of carbonyl (C=O) groups is 1. The normalized spacial score (nSPS) is 15.1. The van der Waals surface area contributed by atoms with E-state index in [1.54, 1.807) is 10.9 Å². The van der Waals surface area contributed by atoms with Crippen LogP contribution in [0, 0.1) is 20.8 Å². The topological polar surface area (TPSA) is 81.3 Å². The Hall–Kier alpha value is -2.94. The van der Waals surface area contributed by atoms with Crippen LogP contribution in [-0.4, -0.2) is 68.2 Å². The van der Waals surface area contributed by atoms with Gasteiger partial charge < -0.3 is 9.64 Å². The van der Waals surface area contributed by atoms with E-state index >= 15 is 0 Å². The molecule has 4 rings (SSSR count). The molecule has 0 N–H and O–H groups in total. The average Bonchev–Trinajstić information content (AvgIpc) is 3.17. The third-order valence-corrected chi connectivity index (χ3v) is 6.22. The van der Waals surface area contributed by atoms with E-state index in [1.165, 1.54) is 11.3 Å². The molecule has 0 unspecified atom stereocenters. The minimum absolute atomic E-state index is 0.333. The number of piperazine rings is 1. The molecule has 1 aliphatic heterocycles. The highest BCUT2D eigenvalue weighted by atomic mass is 16.5. The molecular formula is C22H31N7O2. The second kappa shape index (κ2) is 8.30. The third-order valence-electron chi connectivity index (χ3n) is 6.22. The highest BCUT2D eigenvalue weighted by Crippen LogP contribution is 2.33. The number of anilines is 1. The molecule has 1 aliphatic rings. The molecule has 31 heavy (non-hydrogen) atoms. The predicted molar refractivity (Wildman–Crippen MR) is 119 cm³/mol. The van der Waals surface area contributed by atoms with Crippen molar-refractivity contribution in [2.45, 2.75) is 34.2 Å². The maximum atomic E-state index is 12.7. The Morgan fingerprint density at radius 2 is 1.71 bits per heavy atom. The Kier molecular flexibility index (Phi) is 5.70. The Morgan fingerprint density at radius 1 is 1.03 bits per heavy atom. The molecule has 1 saturated heterocycles. The fourth-order valence-electron chi connectivity index (χ4n) is 4.48. The molecule has 0 saturated carbocycles. The number of pyridine rings is 1. The number of ether oxygens (including phenoxy) is 1. The number of rotatable bonds is 5. The number of nitrogens with zero attached hydrogens (tertiary/aromatic N) is 7. The molecule has 3 aromatic heterocycles. The number of hydrogen-bond donors (Lipinski definition) is 0. The lowest BCUT2D eigenvalue weighted by molar-refractivity contribution is 0.0526. The van der Waals surface area contributed by atoms with E-state index in [-0.39, 0.29) is 5.97 Å². The van der Waals surface area contributed by atoms with Crippen molar-refractivity contribution in [2.75, 3.05) is 37.7 Å². The van der Waals surface area contributed by atoms with Gasteiger partial charge >= 0.3 is 5.97 Å². The Balaban J connectivity index is 1.62. The van der Waals surface area contributed by atoms with E-state index in [1.807, 2.05) is 32.6 Å². The second-order valence-electron chi connectivity index (χ2n) is 8.18. The van der Waals surface area contributed by atoms with Crippen LogP contribution >= 0.6 is 0 Å². The summed E-state index contributed by atoms with van der Waals surface area (Å²) in [6, 6.07) is 0. The van der Waals surface area contributed by atoms with Gasteiger partial charge in [0.15, 0.2) is 5.65 Å². The fraction of sp³-hybridized carbons (Fsp3) is 0.545. The van der Waals surface area contributed by atoms with Crippen LogP contribution in [-0.2, 0) is 25.4 Å². The van der Waals surface area contributed by atoms with Crippen molar-refractivity contribution in [1.29, 1.82) is 0 Å². The van der Waals surface area contributed by atoms with E-state index in [2.05, 4.69) is 38.8 Å². The van der Waals surface area contributed by atoms with Crippen LogP contribution in [0.15, 0.2) is 6.20 Å². The second-order valence-corrected chi connectivity index (χ2v) is 8.18. The molecule has 166 valence electrons. The minimum Gasteiger partial charge on any atom is -0.462 e. The first-order chi connectivity index (χ1) is 14.8. The molecule has 0 bridgehead atoms. The Labute approximate surface area is 182 Å². The number of fused-ring (bicyclic) bond motifs is 1. The number of aryl methyl sites for hydroxylation is 4. The molecule has 1 fully saturated rings. The van der Waals surface area contributed by atoms with E-state index in [4.69, 9.17) is 4.74 Å². The van der Waals surface area contributed by atoms with Gasteiger partial charge in [-0.15, -0.1) is 0 Å². The maximum absolute atomic E-state index is 12.7. The van der Waals surface area contributed by atoms with Crippen LogP contribution < -0.4 is 4.90 Å². The van der Waals surface area contributed by atoms with Crippen LogP contribution in [0.5, 0.6) is 0 Å². The first kappa shape index (κ1) is 21.3. The van der Waals surface area contributed by atoms with Gasteiger partial charge in [0.1, 0.15) is 5.56 Å². The number of aromatic nitrogens is 5. The van der Waals surface area contributed by atoms with Gasteiger partial charge in [-0.3, -0.25) is 14.3 Å². The van der Waals surface area contributed by atoms with Gasteiger partial charge in [0, 0.05) is 64.3 Å². The molecule has 0 spiro atoms. The average molecular weight is 426 g/mol. The van der Waals surface area contributed by atoms with E-state index in [0.29, 0.717) is 12.2 Å². The standard InChI is InChI=1S/C22H31N7O2/c1-7-31-22(30)17-12-23-21-19(15(3)25-27(21)6)20(17)29-10-8-28(9-11-29)13-18-14(2)24-26(5)16(18)4/h12H,7-11,13H2,1-6H3. The van der Waals surface area contributed by atoms with Gasteiger partial charge in [0.25, 0.3) is 0 Å². The molecule has 0 aromatic carbocycles. The van der Waals surface area contributed by atoms with Gasteiger partial charge in [-0.1, -0.05) is 0 Å². The molecule has 0 aliphatic carbocycles. The molecule has 4 heterocycles. The molecule has 0 amide bonds. The van der Waals surface area contributed by atoms with Crippen molar-refractivity contribution in [3.05, 3.63) is 34.4 Å². The van der Waals surface area contributed by atoms with E-state index < -0.39 is 0 Å². The summed E-state index contributed by atoms with van der Waals surface area (Å²) in [6.07, 6.45) is 1.63. The molecular weight excluding hydrogens is 394 g/mol. The first-order valence-corrected chi connectivity index (χ1v) is 10.8. The van der Waals surface area contributed by atoms with Crippen LogP contribution in [0.4, 0.5) is 5.69 Å². The monoisotopic (exact) mass is 425 g/mol. The van der Waals surface area contributed by atoms with Gasteiger partial charge in [-0.05, 0) is 27.7 Å². The lowest BCUT2D eigenvalue weighted by Gasteiger charge is -2.37. The number of carbonyl (C=O) groups excluding carboxylic acids is 1. The molecule has 9 heteroatoms. The van der Waals surface area contributed by atoms with Gasteiger partial charge in [0.2, 0.25) is 0 Å². The fourth-order valence-corrected chi connectivity index (χ4v) is 4.48. The first-order valence-electron chi connectivity index (χ1n) is 10.8. The molecule has 3 aromatic rings. The molecule has 0 atom stereocenters. The van der Waals surface area contributed by atoms with E-state index in [0.717, 1.165) is 60.8 Å². The van der Waals surface area contributed by atoms with Crippen molar-refractivity contribution >= 4 is 22.7 Å². The van der Waals surface area contributed by atoms with E-state index in [9.17, 15) is 4.79 Å². The summed E-state index contributed by atoms with van der Waals surface area (Å²) in [7, 11) is 3.87. The van der Waals surface area contributed by atoms with Gasteiger partial charge in [-0.2, -0.15) is 10.2 Å². The predicted octanol–water partition coefficient (Wildman–Crippen LogP) is 2.13. The summed E-state index contributed by atoms with van der Waals surface area (Å²) in [6.45, 7) is 12.6. The summed E-state index contributed by atoms with van der Waals surface area (Å²) in [4.78, 5) is 22.0. The Bertz CT molecular complexity index is 1120. The quantitative estimate of drug-likeness (QED) is 0.579. The minimum atomic E-state index is -0.334. The van der Waals surface area contributed by atoms with Crippen LogP contribution in [0.2, 0.25) is 0 Å². The zero-order valence-electron chi connectivity index (χ0n) is 19.3. The summed E-state index contributed by atoms with van der Waals surface area (Å²) >= 11 is 0. The van der Waals surface area contributed by atoms with Crippen LogP contribution in [0.25, 0.3) is 11.0 Å². The summed E-state index contributed by atoms with van der Waals surface area (Å²) in [5.41, 5.74) is 6.66. The summed E-state index contributed by atoms with van der Waals surface area (Å²) in [5, 5.41) is 10.0. The summed E-state index contributed by atoms with van der Waals surface area (Å²) in [5.74, 6) is -0.334. The van der Waals surface area contributed by atoms with Crippen molar-refractivity contribution < 1.29 is 9.53 Å². The van der Waals surface area contributed by atoms with Crippen molar-refractivity contribution in [1.82, 2.24) is 29.4 Å². The van der Waals surface area contributed by atoms with Gasteiger partial charge in [-0.25, -0.2) is 9.78 Å². The third kappa shape index (κ3) is 3.78. The number of esters is 1. The zero-order chi connectivity index (χ0) is 22.3. The maximum Gasteiger partial charge on any atom is 0.341 e. The van der Waals surface area contributed by atoms with Gasteiger partial charge in [0.05, 0.1) is 29.1 Å². The molecule has 9 nitrogen and oxygen atoms in total. The highest BCUT2D eigenvalue weighted by Gasteiger charge is 2.28. The van der Waals surface area contributed by atoms with Crippen LogP contribution in [0.3, 0.4) is 0 Å². The summed E-state index contributed by atoms with van der Waals surface area (Å²) < 4.78 is 9.05. The lowest BCUT2D eigenvalue weighted by atomic mass is 10.1. The van der Waals surface area contributed by atoms with Crippen molar-refractivity contribution in [3.63, 3.8) is 0 Å². The zero-order valence-corrected chi connectivity index (χ0v) is 19.3. The smallest absolute Gasteiger partial charge is 0.341 e. The SMILES string of the molecule is CCOC(=O)c1cnc2c(c(C)nn2C)c1N1CCN(Cc2c(C)nn(C)c2C)CC1. The van der Waals surface area contributed by atoms with Crippen molar-refractivity contribution in [3.8, 4) is 0 Å². The lowest BCUT2D eigenvalue weighted by Crippen LogP contribution is -2.46. The number of hydrogen-bond acceptors (Lipinski definition) is 7. The van der Waals surface area contributed by atoms with Crippen molar-refractivity contribution in [2.24, 2.45) is 14.1 Å². The largest absolute Gasteiger partial charge is 0.462 e. The molecule has 0 radical (unpaired) electrons. The Morgan fingerprint density at radius 3 is 2.32 bits per heavy atom.